The highest BCUT2D eigenvalue weighted by Crippen LogP contribution is 2.37. The Balaban J connectivity index is 1.36. The molecule has 8 nitrogen and oxygen atoms in total. The molecule has 0 amide bonds. The van der Waals surface area contributed by atoms with Crippen molar-refractivity contribution in [1.29, 1.82) is 0 Å². The molecule has 0 radical (unpaired) electrons. The number of aryl methyl sites for hydroxylation is 1. The molecule has 0 atom stereocenters. The van der Waals surface area contributed by atoms with E-state index in [2.05, 4.69) is 31.2 Å². The van der Waals surface area contributed by atoms with Gasteiger partial charge in [-0.05, 0) is 54.9 Å². The van der Waals surface area contributed by atoms with Gasteiger partial charge in [0.05, 0.1) is 23.1 Å². The average Bonchev–Trinajstić information content (AvgIpc) is 3.26. The van der Waals surface area contributed by atoms with Crippen LogP contribution in [0.3, 0.4) is 0 Å². The number of ether oxygens (including phenoxy) is 2. The zero-order valence-electron chi connectivity index (χ0n) is 18.7. The molecule has 4 aromatic rings. The minimum Gasteiger partial charge on any atom is -0.493 e. The Morgan fingerprint density at radius 2 is 1.91 bits per heavy atom. The lowest BCUT2D eigenvalue weighted by atomic mass is 10.1. The zero-order valence-corrected chi connectivity index (χ0v) is 20.3. The van der Waals surface area contributed by atoms with Gasteiger partial charge in [-0.25, -0.2) is 4.98 Å². The quantitative estimate of drug-likeness (QED) is 0.151. The Kier molecular flexibility index (Phi) is 7.76. The summed E-state index contributed by atoms with van der Waals surface area (Å²) in [7, 11) is 1.60. The van der Waals surface area contributed by atoms with Crippen LogP contribution in [-0.4, -0.2) is 28.5 Å². The minimum atomic E-state index is -0.417. The Labute approximate surface area is 205 Å². The second-order valence-electron chi connectivity index (χ2n) is 7.75. The van der Waals surface area contributed by atoms with Gasteiger partial charge in [-0.1, -0.05) is 28.1 Å². The summed E-state index contributed by atoms with van der Waals surface area (Å²) < 4.78 is 12.5. The van der Waals surface area contributed by atoms with Crippen LogP contribution < -0.4 is 14.8 Å². The van der Waals surface area contributed by atoms with E-state index in [1.54, 1.807) is 19.2 Å². The fourth-order valence-electron chi connectivity index (χ4n) is 3.65. The Hall–Kier alpha value is -3.43. The van der Waals surface area contributed by atoms with Crippen LogP contribution in [0.25, 0.3) is 11.0 Å². The highest BCUT2D eigenvalue weighted by Gasteiger charge is 2.15. The molecule has 34 heavy (non-hydrogen) atoms. The molecule has 176 valence electrons. The number of halogens is 1. The van der Waals surface area contributed by atoms with E-state index < -0.39 is 4.92 Å². The SMILES string of the molecule is COc1ccc(Br)c(CNCCCc2nc3ccccc3[nH]2)c1OCc1ccc([N+](=O)[O-])cc1. The van der Waals surface area contributed by atoms with Gasteiger partial charge in [0.15, 0.2) is 11.5 Å². The van der Waals surface area contributed by atoms with E-state index in [-0.39, 0.29) is 12.3 Å². The lowest BCUT2D eigenvalue weighted by molar-refractivity contribution is -0.384. The van der Waals surface area contributed by atoms with E-state index in [0.717, 1.165) is 51.8 Å². The van der Waals surface area contributed by atoms with E-state index in [1.807, 2.05) is 36.4 Å². The summed E-state index contributed by atoms with van der Waals surface area (Å²) in [6, 6.07) is 18.1. The number of methoxy groups -OCH3 is 1. The predicted octanol–water partition coefficient (Wildman–Crippen LogP) is 5.54. The molecule has 1 aromatic heterocycles. The van der Waals surface area contributed by atoms with Crippen LogP contribution in [0.2, 0.25) is 0 Å². The second kappa shape index (κ2) is 11.1. The van der Waals surface area contributed by atoms with Crippen molar-refractivity contribution < 1.29 is 14.4 Å². The molecule has 0 aliphatic rings. The standard InChI is InChI=1S/C25H25BrN4O4/c1-33-23-13-12-20(26)19(25(23)34-16-17-8-10-18(11-9-17)30(31)32)15-27-14-4-7-24-28-21-5-2-3-6-22(21)29-24/h2-3,5-6,8-13,27H,4,7,14-16H2,1H3,(H,28,29). The number of rotatable bonds is 11. The molecular formula is C25H25BrN4O4. The maximum Gasteiger partial charge on any atom is 0.269 e. The van der Waals surface area contributed by atoms with Gasteiger partial charge in [-0.15, -0.1) is 0 Å². The highest BCUT2D eigenvalue weighted by molar-refractivity contribution is 9.10. The number of nitrogens with one attached hydrogen (secondary N) is 2. The van der Waals surface area contributed by atoms with E-state index in [9.17, 15) is 10.1 Å². The molecule has 0 saturated heterocycles. The van der Waals surface area contributed by atoms with Crippen molar-refractivity contribution in [2.24, 2.45) is 0 Å². The number of fused-ring (bicyclic) bond motifs is 1. The smallest absolute Gasteiger partial charge is 0.269 e. The summed E-state index contributed by atoms with van der Waals surface area (Å²) in [5.41, 5.74) is 3.87. The molecular weight excluding hydrogens is 500 g/mol. The van der Waals surface area contributed by atoms with E-state index in [4.69, 9.17) is 9.47 Å². The topological polar surface area (TPSA) is 102 Å². The van der Waals surface area contributed by atoms with Crippen LogP contribution in [0.15, 0.2) is 65.1 Å². The molecule has 0 unspecified atom stereocenters. The highest BCUT2D eigenvalue weighted by atomic mass is 79.9. The number of hydrogen-bond acceptors (Lipinski definition) is 6. The number of nitro groups is 1. The average molecular weight is 525 g/mol. The molecule has 4 rings (SSSR count). The first-order valence-corrected chi connectivity index (χ1v) is 11.7. The van der Waals surface area contributed by atoms with Crippen LogP contribution in [0.4, 0.5) is 5.69 Å². The van der Waals surface area contributed by atoms with Crippen molar-refractivity contribution in [3.8, 4) is 11.5 Å². The number of H-pyrrole nitrogens is 1. The Morgan fingerprint density at radius 1 is 1.12 bits per heavy atom. The third kappa shape index (κ3) is 5.73. The number of aromatic amines is 1. The summed E-state index contributed by atoms with van der Waals surface area (Å²) in [5.74, 6) is 2.25. The third-order valence-corrected chi connectivity index (χ3v) is 6.17. The van der Waals surface area contributed by atoms with Crippen molar-refractivity contribution in [2.75, 3.05) is 13.7 Å². The molecule has 3 aromatic carbocycles. The van der Waals surface area contributed by atoms with Gasteiger partial charge in [0, 0.05) is 35.1 Å². The van der Waals surface area contributed by atoms with Gasteiger partial charge in [0.2, 0.25) is 0 Å². The van der Waals surface area contributed by atoms with Crippen molar-refractivity contribution >= 4 is 32.7 Å². The lowest BCUT2D eigenvalue weighted by Crippen LogP contribution is -2.17. The number of benzene rings is 3. The van der Waals surface area contributed by atoms with Crippen LogP contribution >= 0.6 is 15.9 Å². The summed E-state index contributed by atoms with van der Waals surface area (Å²) in [5, 5.41) is 14.3. The summed E-state index contributed by atoms with van der Waals surface area (Å²) >= 11 is 3.62. The number of para-hydroxylation sites is 2. The van der Waals surface area contributed by atoms with Gasteiger partial charge in [-0.2, -0.15) is 0 Å². The minimum absolute atomic E-state index is 0.0522. The largest absolute Gasteiger partial charge is 0.493 e. The molecule has 0 fully saturated rings. The molecule has 0 bridgehead atoms. The van der Waals surface area contributed by atoms with Crippen molar-refractivity contribution in [3.05, 3.63) is 92.2 Å². The van der Waals surface area contributed by atoms with Crippen LogP contribution in [0.1, 0.15) is 23.4 Å². The Bertz CT molecular complexity index is 1240. The summed E-state index contributed by atoms with van der Waals surface area (Å²) in [6.45, 7) is 1.67. The summed E-state index contributed by atoms with van der Waals surface area (Å²) in [4.78, 5) is 18.4. The van der Waals surface area contributed by atoms with E-state index in [1.165, 1.54) is 12.1 Å². The number of hydrogen-bond donors (Lipinski definition) is 2. The monoisotopic (exact) mass is 524 g/mol. The molecule has 0 spiro atoms. The van der Waals surface area contributed by atoms with E-state index >= 15 is 0 Å². The normalized spacial score (nSPS) is 11.0. The fourth-order valence-corrected chi connectivity index (χ4v) is 4.11. The first-order valence-electron chi connectivity index (χ1n) is 10.9. The lowest BCUT2D eigenvalue weighted by Gasteiger charge is -2.17. The molecule has 0 aliphatic heterocycles. The van der Waals surface area contributed by atoms with Crippen molar-refractivity contribution in [1.82, 2.24) is 15.3 Å². The van der Waals surface area contributed by atoms with Crippen LogP contribution in [-0.2, 0) is 19.6 Å². The van der Waals surface area contributed by atoms with Gasteiger partial charge in [-0.3, -0.25) is 10.1 Å². The molecule has 0 aliphatic carbocycles. The van der Waals surface area contributed by atoms with Gasteiger partial charge < -0.3 is 19.8 Å². The van der Waals surface area contributed by atoms with Gasteiger partial charge in [0.25, 0.3) is 5.69 Å². The first-order chi connectivity index (χ1) is 16.5. The number of nitrogens with zero attached hydrogens (tertiary/aromatic N) is 2. The second-order valence-corrected chi connectivity index (χ2v) is 8.60. The molecule has 9 heteroatoms. The van der Waals surface area contributed by atoms with E-state index in [0.29, 0.717) is 18.0 Å². The zero-order chi connectivity index (χ0) is 23.9. The fraction of sp³-hybridized carbons (Fsp3) is 0.240. The molecule has 1 heterocycles. The molecule has 2 N–H and O–H groups in total. The number of imidazole rings is 1. The third-order valence-electron chi connectivity index (χ3n) is 5.42. The van der Waals surface area contributed by atoms with Crippen LogP contribution in [0.5, 0.6) is 11.5 Å². The maximum atomic E-state index is 10.9. The number of aromatic nitrogens is 2. The van der Waals surface area contributed by atoms with Crippen LogP contribution in [0, 0.1) is 10.1 Å². The summed E-state index contributed by atoms with van der Waals surface area (Å²) in [6.07, 6.45) is 1.78. The van der Waals surface area contributed by atoms with Gasteiger partial charge in [0.1, 0.15) is 12.4 Å². The van der Waals surface area contributed by atoms with Gasteiger partial charge >= 0.3 is 0 Å². The van der Waals surface area contributed by atoms with Crippen molar-refractivity contribution in [2.45, 2.75) is 26.0 Å². The predicted molar refractivity (Wildman–Crippen MR) is 134 cm³/mol. The first kappa shape index (κ1) is 23.7. The Morgan fingerprint density at radius 3 is 2.65 bits per heavy atom. The number of non-ortho nitro benzene ring substituents is 1. The molecule has 0 saturated carbocycles. The maximum absolute atomic E-state index is 10.9. The number of nitro benzene ring substituents is 1. The van der Waals surface area contributed by atoms with Crippen molar-refractivity contribution in [3.63, 3.8) is 0 Å².